The van der Waals surface area contributed by atoms with Crippen LogP contribution in [0.3, 0.4) is 0 Å². The largest absolute Gasteiger partial charge is 0.393 e. The van der Waals surface area contributed by atoms with Crippen molar-refractivity contribution in [3.05, 3.63) is 22.4 Å². The van der Waals surface area contributed by atoms with Crippen LogP contribution in [0.5, 0.6) is 0 Å². The lowest BCUT2D eigenvalue weighted by Gasteiger charge is -2.27. The second-order valence-corrected chi connectivity index (χ2v) is 5.81. The molecule has 0 amide bonds. The molecule has 0 bridgehead atoms. The quantitative estimate of drug-likeness (QED) is 0.846. The van der Waals surface area contributed by atoms with E-state index in [4.69, 9.17) is 0 Å². The molecule has 16 heavy (non-hydrogen) atoms. The summed E-state index contributed by atoms with van der Waals surface area (Å²) >= 11 is 1.81. The van der Waals surface area contributed by atoms with Gasteiger partial charge in [-0.15, -0.1) is 11.3 Å². The first-order valence-corrected chi connectivity index (χ1v) is 7.08. The van der Waals surface area contributed by atoms with Crippen LogP contribution in [-0.4, -0.2) is 17.8 Å². The normalized spacial score (nSPS) is 27.9. The fourth-order valence-electron chi connectivity index (χ4n) is 2.43. The Morgan fingerprint density at radius 1 is 1.56 bits per heavy atom. The van der Waals surface area contributed by atoms with E-state index >= 15 is 0 Å². The molecule has 3 unspecified atom stereocenters. The predicted octanol–water partition coefficient (Wildman–Crippen LogP) is 2.95. The van der Waals surface area contributed by atoms with Gasteiger partial charge in [0.15, 0.2) is 0 Å². The fraction of sp³-hybridized carbons (Fsp3) is 0.692. The summed E-state index contributed by atoms with van der Waals surface area (Å²) in [6.45, 7) is 3.25. The minimum absolute atomic E-state index is 0.0578. The molecule has 1 aromatic rings. The molecule has 1 aliphatic carbocycles. The Morgan fingerprint density at radius 3 is 3.12 bits per heavy atom. The van der Waals surface area contributed by atoms with Crippen molar-refractivity contribution in [2.75, 3.05) is 6.54 Å². The van der Waals surface area contributed by atoms with E-state index in [9.17, 15) is 5.11 Å². The first-order chi connectivity index (χ1) is 7.75. The Morgan fingerprint density at radius 2 is 2.44 bits per heavy atom. The highest BCUT2D eigenvalue weighted by atomic mass is 32.1. The lowest BCUT2D eigenvalue weighted by molar-refractivity contribution is 0.0998. The Balaban J connectivity index is 1.74. The minimum atomic E-state index is -0.0578. The van der Waals surface area contributed by atoms with Gasteiger partial charge in [-0.05, 0) is 50.1 Å². The van der Waals surface area contributed by atoms with E-state index in [0.717, 1.165) is 19.4 Å². The molecule has 0 spiro atoms. The average Bonchev–Trinajstić information content (AvgIpc) is 2.79. The van der Waals surface area contributed by atoms with E-state index in [-0.39, 0.29) is 6.10 Å². The van der Waals surface area contributed by atoms with Crippen LogP contribution in [0.2, 0.25) is 0 Å². The van der Waals surface area contributed by atoms with Gasteiger partial charge in [0, 0.05) is 10.9 Å². The van der Waals surface area contributed by atoms with Crippen LogP contribution < -0.4 is 5.32 Å². The van der Waals surface area contributed by atoms with Crippen LogP contribution >= 0.6 is 11.3 Å². The third-order valence-electron chi connectivity index (χ3n) is 3.44. The Hall–Kier alpha value is -0.380. The molecule has 0 saturated heterocycles. The lowest BCUT2D eigenvalue weighted by atomic mass is 9.87. The van der Waals surface area contributed by atoms with Crippen molar-refractivity contribution in [2.45, 2.75) is 44.8 Å². The fourth-order valence-corrected chi connectivity index (χ4v) is 3.19. The zero-order valence-corrected chi connectivity index (χ0v) is 10.7. The third-order valence-corrected chi connectivity index (χ3v) is 4.49. The van der Waals surface area contributed by atoms with Gasteiger partial charge >= 0.3 is 0 Å². The van der Waals surface area contributed by atoms with Crippen LogP contribution in [0.25, 0.3) is 0 Å². The van der Waals surface area contributed by atoms with Crippen molar-refractivity contribution in [1.82, 2.24) is 5.32 Å². The molecule has 0 aliphatic heterocycles. The van der Waals surface area contributed by atoms with Gasteiger partial charge in [0.1, 0.15) is 0 Å². The molecule has 90 valence electrons. The summed E-state index contributed by atoms with van der Waals surface area (Å²) in [7, 11) is 0. The number of hydrogen-bond acceptors (Lipinski definition) is 3. The second-order valence-electron chi connectivity index (χ2n) is 4.83. The van der Waals surface area contributed by atoms with Gasteiger partial charge in [-0.2, -0.15) is 0 Å². The van der Waals surface area contributed by atoms with E-state index in [2.05, 4.69) is 29.8 Å². The SMILES string of the molecule is CC(NCC1CCCC(O)C1)c1cccs1. The minimum Gasteiger partial charge on any atom is -0.393 e. The maximum absolute atomic E-state index is 9.60. The highest BCUT2D eigenvalue weighted by molar-refractivity contribution is 7.10. The molecular formula is C13H21NOS. The summed E-state index contributed by atoms with van der Waals surface area (Å²) in [5.74, 6) is 0.658. The van der Waals surface area contributed by atoms with Gasteiger partial charge in [-0.3, -0.25) is 0 Å². The van der Waals surface area contributed by atoms with Crippen molar-refractivity contribution in [3.8, 4) is 0 Å². The number of thiophene rings is 1. The molecule has 3 heteroatoms. The van der Waals surface area contributed by atoms with Crippen LogP contribution in [0.1, 0.15) is 43.5 Å². The number of rotatable bonds is 4. The van der Waals surface area contributed by atoms with Crippen molar-refractivity contribution >= 4 is 11.3 Å². The zero-order chi connectivity index (χ0) is 11.4. The summed E-state index contributed by atoms with van der Waals surface area (Å²) < 4.78 is 0. The van der Waals surface area contributed by atoms with Gasteiger partial charge in [-0.25, -0.2) is 0 Å². The topological polar surface area (TPSA) is 32.3 Å². The molecular weight excluding hydrogens is 218 g/mol. The van der Waals surface area contributed by atoms with Crippen LogP contribution in [0, 0.1) is 5.92 Å². The van der Waals surface area contributed by atoms with Gasteiger partial charge in [0.05, 0.1) is 6.10 Å². The van der Waals surface area contributed by atoms with Gasteiger partial charge < -0.3 is 10.4 Å². The van der Waals surface area contributed by atoms with E-state index in [1.54, 1.807) is 11.3 Å². The summed E-state index contributed by atoms with van der Waals surface area (Å²) in [4.78, 5) is 1.40. The van der Waals surface area contributed by atoms with E-state index in [1.165, 1.54) is 17.7 Å². The monoisotopic (exact) mass is 239 g/mol. The van der Waals surface area contributed by atoms with Crippen LogP contribution in [0.4, 0.5) is 0 Å². The third kappa shape index (κ3) is 3.30. The Labute approximate surface area is 102 Å². The maximum atomic E-state index is 9.60. The van der Waals surface area contributed by atoms with Gasteiger partial charge in [0.25, 0.3) is 0 Å². The number of aliphatic hydroxyl groups excluding tert-OH is 1. The molecule has 2 rings (SSSR count). The summed E-state index contributed by atoms with van der Waals surface area (Å²) in [5, 5.41) is 15.3. The van der Waals surface area contributed by atoms with Crippen LogP contribution in [0.15, 0.2) is 17.5 Å². The Bertz CT molecular complexity index is 299. The highest BCUT2D eigenvalue weighted by Crippen LogP contribution is 2.25. The first-order valence-electron chi connectivity index (χ1n) is 6.20. The van der Waals surface area contributed by atoms with Crippen molar-refractivity contribution < 1.29 is 5.11 Å². The molecule has 0 aromatic carbocycles. The maximum Gasteiger partial charge on any atom is 0.0543 e. The zero-order valence-electron chi connectivity index (χ0n) is 9.86. The van der Waals surface area contributed by atoms with Crippen molar-refractivity contribution in [2.24, 2.45) is 5.92 Å². The molecule has 3 atom stereocenters. The molecule has 1 aromatic heterocycles. The van der Waals surface area contributed by atoms with Crippen molar-refractivity contribution in [1.29, 1.82) is 0 Å². The second kappa shape index (κ2) is 5.80. The summed E-state index contributed by atoms with van der Waals surface area (Å²) in [6.07, 6.45) is 4.36. The predicted molar refractivity (Wildman–Crippen MR) is 68.7 cm³/mol. The number of aliphatic hydroxyl groups is 1. The average molecular weight is 239 g/mol. The van der Waals surface area contributed by atoms with Crippen LogP contribution in [-0.2, 0) is 0 Å². The molecule has 1 heterocycles. The van der Waals surface area contributed by atoms with E-state index < -0.39 is 0 Å². The summed E-state index contributed by atoms with van der Waals surface area (Å²) in [5.41, 5.74) is 0. The van der Waals surface area contributed by atoms with Gasteiger partial charge in [-0.1, -0.05) is 12.5 Å². The standard InChI is InChI=1S/C13H21NOS/c1-10(13-6-3-7-16-13)14-9-11-4-2-5-12(15)8-11/h3,6-7,10-12,14-15H,2,4-5,8-9H2,1H3. The van der Waals surface area contributed by atoms with E-state index in [1.807, 2.05) is 0 Å². The number of hydrogen-bond donors (Lipinski definition) is 2. The van der Waals surface area contributed by atoms with E-state index in [0.29, 0.717) is 12.0 Å². The Kier molecular flexibility index (Phi) is 4.38. The molecule has 1 aliphatic rings. The smallest absolute Gasteiger partial charge is 0.0543 e. The number of nitrogens with one attached hydrogen (secondary N) is 1. The molecule has 0 radical (unpaired) electrons. The molecule has 1 fully saturated rings. The lowest BCUT2D eigenvalue weighted by Crippen LogP contribution is -2.30. The van der Waals surface area contributed by atoms with Gasteiger partial charge in [0.2, 0.25) is 0 Å². The molecule has 2 nitrogen and oxygen atoms in total. The highest BCUT2D eigenvalue weighted by Gasteiger charge is 2.20. The molecule has 2 N–H and O–H groups in total. The first kappa shape index (κ1) is 12.1. The van der Waals surface area contributed by atoms with Crippen molar-refractivity contribution in [3.63, 3.8) is 0 Å². The molecule has 1 saturated carbocycles. The summed E-state index contributed by atoms with van der Waals surface area (Å²) in [6, 6.07) is 4.72.